The van der Waals surface area contributed by atoms with E-state index in [4.69, 9.17) is 0 Å². The van der Waals surface area contributed by atoms with Crippen LogP contribution in [0.2, 0.25) is 0 Å². The van der Waals surface area contributed by atoms with E-state index < -0.39 is 0 Å². The van der Waals surface area contributed by atoms with Crippen molar-refractivity contribution in [3.8, 4) is 0 Å². The largest absolute Gasteiger partial charge is 0.296 e. The highest BCUT2D eigenvalue weighted by molar-refractivity contribution is 4.86. The zero-order chi connectivity index (χ0) is 18.7. The Bertz CT molecular complexity index is 327. The second kappa shape index (κ2) is 8.54. The fraction of sp³-hybridized carbons (Fsp3) is 1.00. The average molecular weight is 339 g/mol. The summed E-state index contributed by atoms with van der Waals surface area (Å²) >= 11 is 0. The maximum atomic E-state index is 2.63. The van der Waals surface area contributed by atoms with Gasteiger partial charge in [0.25, 0.3) is 0 Å². The van der Waals surface area contributed by atoms with Gasteiger partial charge in [-0.25, -0.2) is 0 Å². The van der Waals surface area contributed by atoms with Crippen LogP contribution in [0.4, 0.5) is 0 Å². The fourth-order valence-corrected chi connectivity index (χ4v) is 4.81. The molecule has 0 aliphatic carbocycles. The van der Waals surface area contributed by atoms with Crippen LogP contribution in [0.1, 0.15) is 94.9 Å². The molecule has 0 radical (unpaired) electrons. The minimum absolute atomic E-state index is 0.361. The molecule has 2 fully saturated rings. The van der Waals surface area contributed by atoms with Gasteiger partial charge in [-0.05, 0) is 106 Å². The maximum absolute atomic E-state index is 2.63. The molecule has 2 nitrogen and oxygen atoms in total. The Balaban J connectivity index is 0.000000240. The Morgan fingerprint density at radius 3 is 1.08 bits per heavy atom. The van der Waals surface area contributed by atoms with Crippen LogP contribution in [0.3, 0.4) is 0 Å². The number of nitrogens with zero attached hydrogens (tertiary/aromatic N) is 2. The lowest BCUT2D eigenvalue weighted by molar-refractivity contribution is 0.0424. The first-order valence-electron chi connectivity index (χ1n) is 10.4. The standard InChI is InChI=1S/2C11H23N/c2*1-9-6-7-12(10(2)8-9)11(3,4)5/h2*9-10H,6-8H2,1-5H3/t2*9-,10-/m10/s1. The smallest absolute Gasteiger partial charge is 0.0127 e. The average Bonchev–Trinajstić information content (AvgIpc) is 2.35. The van der Waals surface area contributed by atoms with E-state index >= 15 is 0 Å². The molecular formula is C22H46N2. The van der Waals surface area contributed by atoms with Crippen LogP contribution in [-0.2, 0) is 0 Å². The highest BCUT2D eigenvalue weighted by Gasteiger charge is 2.31. The highest BCUT2D eigenvalue weighted by Crippen LogP contribution is 2.29. The molecule has 2 rings (SSSR count). The normalized spacial score (nSPS) is 33.8. The van der Waals surface area contributed by atoms with Crippen molar-refractivity contribution in [1.29, 1.82) is 0 Å². The lowest BCUT2D eigenvalue weighted by Crippen LogP contribution is -2.50. The number of hydrogen-bond acceptors (Lipinski definition) is 2. The Morgan fingerprint density at radius 2 is 0.875 bits per heavy atom. The third kappa shape index (κ3) is 6.67. The minimum atomic E-state index is 0.361. The molecule has 2 aliphatic heterocycles. The van der Waals surface area contributed by atoms with Gasteiger partial charge >= 0.3 is 0 Å². The molecule has 2 heterocycles. The summed E-state index contributed by atoms with van der Waals surface area (Å²) in [7, 11) is 0. The number of piperidine rings is 2. The van der Waals surface area contributed by atoms with Gasteiger partial charge in [0.05, 0.1) is 0 Å². The lowest BCUT2D eigenvalue weighted by Gasteiger charge is -2.45. The second-order valence-corrected chi connectivity index (χ2v) is 10.7. The topological polar surface area (TPSA) is 6.48 Å². The van der Waals surface area contributed by atoms with Crippen molar-refractivity contribution in [2.45, 2.75) is 118 Å². The second-order valence-electron chi connectivity index (χ2n) is 10.7. The molecule has 24 heavy (non-hydrogen) atoms. The summed E-state index contributed by atoms with van der Waals surface area (Å²) < 4.78 is 0. The van der Waals surface area contributed by atoms with Gasteiger partial charge in [-0.2, -0.15) is 0 Å². The van der Waals surface area contributed by atoms with Crippen LogP contribution in [0.15, 0.2) is 0 Å². The van der Waals surface area contributed by atoms with Crippen LogP contribution in [0, 0.1) is 11.8 Å². The molecule has 0 aromatic heterocycles. The van der Waals surface area contributed by atoms with Crippen molar-refractivity contribution in [2.24, 2.45) is 11.8 Å². The molecule has 0 saturated carbocycles. The van der Waals surface area contributed by atoms with Gasteiger partial charge in [-0.15, -0.1) is 0 Å². The predicted octanol–water partition coefficient (Wildman–Crippen LogP) is 5.81. The quantitative estimate of drug-likeness (QED) is 0.550. The highest BCUT2D eigenvalue weighted by atomic mass is 15.2. The molecule has 0 spiro atoms. The predicted molar refractivity (Wildman–Crippen MR) is 109 cm³/mol. The van der Waals surface area contributed by atoms with E-state index in [1.807, 2.05) is 0 Å². The maximum Gasteiger partial charge on any atom is 0.0127 e. The van der Waals surface area contributed by atoms with Gasteiger partial charge in [0.2, 0.25) is 0 Å². The van der Waals surface area contributed by atoms with Crippen LogP contribution in [0.25, 0.3) is 0 Å². The molecule has 2 saturated heterocycles. The van der Waals surface area contributed by atoms with Crippen LogP contribution in [0.5, 0.6) is 0 Å². The van der Waals surface area contributed by atoms with E-state index in [2.05, 4.69) is 79.0 Å². The molecule has 2 heteroatoms. The van der Waals surface area contributed by atoms with Gasteiger partial charge in [0.15, 0.2) is 0 Å². The summed E-state index contributed by atoms with van der Waals surface area (Å²) in [5.41, 5.74) is 0.721. The van der Waals surface area contributed by atoms with E-state index in [1.165, 1.54) is 38.8 Å². The van der Waals surface area contributed by atoms with Gasteiger partial charge in [-0.1, -0.05) is 13.8 Å². The summed E-state index contributed by atoms with van der Waals surface area (Å²) in [5.74, 6) is 1.86. The molecule has 144 valence electrons. The van der Waals surface area contributed by atoms with E-state index in [1.54, 1.807) is 0 Å². The number of hydrogen-bond donors (Lipinski definition) is 0. The van der Waals surface area contributed by atoms with Crippen LogP contribution < -0.4 is 0 Å². The lowest BCUT2D eigenvalue weighted by atomic mass is 9.89. The summed E-state index contributed by atoms with van der Waals surface area (Å²) in [5, 5.41) is 0. The van der Waals surface area contributed by atoms with Gasteiger partial charge in [-0.3, -0.25) is 9.80 Å². The van der Waals surface area contributed by atoms with Crippen molar-refractivity contribution in [2.75, 3.05) is 13.1 Å². The molecule has 4 atom stereocenters. The van der Waals surface area contributed by atoms with E-state index in [0.29, 0.717) is 11.1 Å². The third-order valence-electron chi connectivity index (χ3n) is 6.00. The van der Waals surface area contributed by atoms with Crippen molar-refractivity contribution in [3.63, 3.8) is 0 Å². The number of likely N-dealkylation sites (tertiary alicyclic amines) is 2. The molecule has 0 amide bonds. The van der Waals surface area contributed by atoms with E-state index in [0.717, 1.165) is 23.9 Å². The first kappa shape index (κ1) is 22.0. The first-order chi connectivity index (χ1) is 10.8. The molecule has 2 aliphatic rings. The summed E-state index contributed by atoms with van der Waals surface area (Å²) in [4.78, 5) is 5.26. The van der Waals surface area contributed by atoms with Gasteiger partial charge in [0.1, 0.15) is 0 Å². The molecule has 0 unspecified atom stereocenters. The first-order valence-corrected chi connectivity index (χ1v) is 10.4. The SMILES string of the molecule is C[C@@H]1CCN(C(C)(C)C)[C@H](C)C1.C[C@H]1CCN(C(C)(C)C)[C@@H](C)C1. The molecule has 0 aromatic carbocycles. The minimum Gasteiger partial charge on any atom is -0.296 e. The molecular weight excluding hydrogens is 292 g/mol. The van der Waals surface area contributed by atoms with E-state index in [9.17, 15) is 0 Å². The fourth-order valence-electron chi connectivity index (χ4n) is 4.81. The Kier molecular flexibility index (Phi) is 7.81. The van der Waals surface area contributed by atoms with Crippen molar-refractivity contribution in [1.82, 2.24) is 9.80 Å². The Hall–Kier alpha value is -0.0800. The third-order valence-corrected chi connectivity index (χ3v) is 6.00. The van der Waals surface area contributed by atoms with Crippen molar-refractivity contribution >= 4 is 0 Å². The Labute approximate surface area is 153 Å². The van der Waals surface area contributed by atoms with Gasteiger partial charge in [0, 0.05) is 23.2 Å². The number of rotatable bonds is 0. The summed E-state index contributed by atoms with van der Waals surface area (Å²) in [6.07, 6.45) is 5.50. The van der Waals surface area contributed by atoms with Crippen LogP contribution in [-0.4, -0.2) is 46.1 Å². The zero-order valence-corrected chi connectivity index (χ0v) is 18.4. The Morgan fingerprint density at radius 1 is 0.583 bits per heavy atom. The van der Waals surface area contributed by atoms with Crippen molar-refractivity contribution in [3.05, 3.63) is 0 Å². The summed E-state index contributed by atoms with van der Waals surface area (Å²) in [6, 6.07) is 1.54. The zero-order valence-electron chi connectivity index (χ0n) is 18.4. The summed E-state index contributed by atoms with van der Waals surface area (Å²) in [6.45, 7) is 25.9. The molecule has 0 bridgehead atoms. The molecule has 0 N–H and O–H groups in total. The van der Waals surface area contributed by atoms with Crippen LogP contribution >= 0.6 is 0 Å². The molecule has 0 aromatic rings. The monoisotopic (exact) mass is 338 g/mol. The van der Waals surface area contributed by atoms with Gasteiger partial charge < -0.3 is 0 Å². The van der Waals surface area contributed by atoms with Crippen molar-refractivity contribution < 1.29 is 0 Å². The van der Waals surface area contributed by atoms with E-state index in [-0.39, 0.29) is 0 Å².